The van der Waals surface area contributed by atoms with Gasteiger partial charge in [-0.15, -0.1) is 0 Å². The quantitative estimate of drug-likeness (QED) is 0.906. The predicted octanol–water partition coefficient (Wildman–Crippen LogP) is 1.48. The number of aromatic nitrogens is 3. The molecule has 1 unspecified atom stereocenters. The van der Waals surface area contributed by atoms with Crippen molar-refractivity contribution in [1.29, 1.82) is 0 Å². The summed E-state index contributed by atoms with van der Waals surface area (Å²) in [4.78, 5) is 9.53. The van der Waals surface area contributed by atoms with Gasteiger partial charge in [-0.3, -0.25) is 4.90 Å². The summed E-state index contributed by atoms with van der Waals surface area (Å²) in [5.41, 5.74) is 2.06. The molecule has 1 N–H and O–H groups in total. The van der Waals surface area contributed by atoms with E-state index in [4.69, 9.17) is 0 Å². The molecule has 0 saturated carbocycles. The maximum atomic E-state index is 4.46. The van der Waals surface area contributed by atoms with Crippen LogP contribution >= 0.6 is 0 Å². The molecule has 6 nitrogen and oxygen atoms in total. The molecule has 0 amide bonds. The SMILES string of the molecule is CCN1CCN(C(C)CNc2nccn3nc(C)cc23)CC1. The highest BCUT2D eigenvalue weighted by Gasteiger charge is 2.20. The van der Waals surface area contributed by atoms with E-state index in [-0.39, 0.29) is 0 Å². The number of fused-ring (bicyclic) bond motifs is 1. The van der Waals surface area contributed by atoms with Gasteiger partial charge in [0.15, 0.2) is 5.82 Å². The van der Waals surface area contributed by atoms with Gasteiger partial charge in [-0.2, -0.15) is 5.10 Å². The number of rotatable bonds is 5. The predicted molar refractivity (Wildman–Crippen MR) is 89.4 cm³/mol. The summed E-state index contributed by atoms with van der Waals surface area (Å²) in [7, 11) is 0. The molecule has 0 radical (unpaired) electrons. The highest BCUT2D eigenvalue weighted by Crippen LogP contribution is 2.15. The normalized spacial score (nSPS) is 18.7. The van der Waals surface area contributed by atoms with Gasteiger partial charge in [0.05, 0.1) is 5.69 Å². The standard InChI is InChI=1S/C16H26N6/c1-4-20-7-9-21(10-8-20)14(3)12-18-16-15-11-13(2)19-22(15)6-5-17-16/h5-6,11,14H,4,7-10,12H2,1-3H3,(H,17,18). The number of anilines is 1. The van der Waals surface area contributed by atoms with Crippen molar-refractivity contribution in [2.75, 3.05) is 44.6 Å². The van der Waals surface area contributed by atoms with E-state index < -0.39 is 0 Å². The number of likely N-dealkylation sites (N-methyl/N-ethyl adjacent to an activating group) is 1. The van der Waals surface area contributed by atoms with E-state index in [1.807, 2.05) is 17.6 Å². The van der Waals surface area contributed by atoms with E-state index in [0.29, 0.717) is 6.04 Å². The largest absolute Gasteiger partial charge is 0.367 e. The van der Waals surface area contributed by atoms with Crippen molar-refractivity contribution >= 4 is 11.3 Å². The van der Waals surface area contributed by atoms with Crippen LogP contribution in [0.1, 0.15) is 19.5 Å². The fourth-order valence-electron chi connectivity index (χ4n) is 3.07. The molecule has 2 aromatic heterocycles. The maximum Gasteiger partial charge on any atom is 0.152 e. The molecule has 0 bridgehead atoms. The Kier molecular flexibility index (Phi) is 4.59. The molecular formula is C16H26N6. The summed E-state index contributed by atoms with van der Waals surface area (Å²) < 4.78 is 1.88. The average Bonchev–Trinajstić information content (AvgIpc) is 2.93. The fourth-order valence-corrected chi connectivity index (χ4v) is 3.07. The molecule has 1 atom stereocenters. The zero-order valence-electron chi connectivity index (χ0n) is 13.8. The van der Waals surface area contributed by atoms with Gasteiger partial charge in [0.1, 0.15) is 5.52 Å². The van der Waals surface area contributed by atoms with E-state index >= 15 is 0 Å². The zero-order chi connectivity index (χ0) is 15.5. The maximum absolute atomic E-state index is 4.46. The smallest absolute Gasteiger partial charge is 0.152 e. The highest BCUT2D eigenvalue weighted by atomic mass is 15.3. The summed E-state index contributed by atoms with van der Waals surface area (Å²) in [6.45, 7) is 13.3. The molecule has 22 heavy (non-hydrogen) atoms. The Morgan fingerprint density at radius 1 is 1.27 bits per heavy atom. The number of hydrogen-bond acceptors (Lipinski definition) is 5. The van der Waals surface area contributed by atoms with Crippen LogP contribution in [0.3, 0.4) is 0 Å². The molecule has 2 aromatic rings. The minimum absolute atomic E-state index is 0.505. The molecule has 0 aromatic carbocycles. The second-order valence-electron chi connectivity index (χ2n) is 6.09. The van der Waals surface area contributed by atoms with Crippen molar-refractivity contribution in [1.82, 2.24) is 24.4 Å². The molecule has 1 aliphatic heterocycles. The molecular weight excluding hydrogens is 276 g/mol. The molecule has 3 rings (SSSR count). The Bertz CT molecular complexity index is 614. The van der Waals surface area contributed by atoms with Crippen LogP contribution in [0.5, 0.6) is 0 Å². The van der Waals surface area contributed by atoms with Gasteiger partial charge >= 0.3 is 0 Å². The first-order valence-electron chi connectivity index (χ1n) is 8.18. The van der Waals surface area contributed by atoms with Crippen LogP contribution in [0.2, 0.25) is 0 Å². The van der Waals surface area contributed by atoms with Gasteiger partial charge in [0, 0.05) is 51.2 Å². The molecule has 0 aliphatic carbocycles. The Labute approximate surface area is 132 Å². The molecule has 0 spiro atoms. The second kappa shape index (κ2) is 6.62. The second-order valence-corrected chi connectivity index (χ2v) is 6.09. The summed E-state index contributed by atoms with van der Waals surface area (Å²) in [6.07, 6.45) is 3.69. The van der Waals surface area contributed by atoms with Crippen LogP contribution in [0.25, 0.3) is 5.52 Å². The molecule has 1 fully saturated rings. The number of aryl methyl sites for hydroxylation is 1. The van der Waals surface area contributed by atoms with Crippen LogP contribution in [0, 0.1) is 6.92 Å². The van der Waals surface area contributed by atoms with Gasteiger partial charge in [-0.25, -0.2) is 9.50 Å². The van der Waals surface area contributed by atoms with Crippen LogP contribution in [-0.4, -0.2) is 69.7 Å². The fraction of sp³-hybridized carbons (Fsp3) is 0.625. The summed E-state index contributed by atoms with van der Waals surface area (Å²) in [5, 5.41) is 7.93. The van der Waals surface area contributed by atoms with E-state index in [2.05, 4.69) is 45.1 Å². The van der Waals surface area contributed by atoms with Crippen molar-refractivity contribution in [3.63, 3.8) is 0 Å². The van der Waals surface area contributed by atoms with E-state index in [9.17, 15) is 0 Å². The first-order chi connectivity index (χ1) is 10.7. The highest BCUT2D eigenvalue weighted by molar-refractivity contribution is 5.67. The lowest BCUT2D eigenvalue weighted by Gasteiger charge is -2.37. The van der Waals surface area contributed by atoms with Crippen molar-refractivity contribution < 1.29 is 0 Å². The summed E-state index contributed by atoms with van der Waals surface area (Å²) in [5.74, 6) is 0.919. The van der Waals surface area contributed by atoms with Gasteiger partial charge in [-0.1, -0.05) is 6.92 Å². The van der Waals surface area contributed by atoms with E-state index in [1.54, 1.807) is 6.20 Å². The number of hydrogen-bond donors (Lipinski definition) is 1. The average molecular weight is 302 g/mol. The van der Waals surface area contributed by atoms with E-state index in [0.717, 1.165) is 43.2 Å². The van der Waals surface area contributed by atoms with Crippen molar-refractivity contribution in [2.45, 2.75) is 26.8 Å². The lowest BCUT2D eigenvalue weighted by molar-refractivity contribution is 0.110. The third-order valence-corrected chi connectivity index (χ3v) is 4.55. The zero-order valence-corrected chi connectivity index (χ0v) is 13.8. The Morgan fingerprint density at radius 2 is 2.05 bits per heavy atom. The van der Waals surface area contributed by atoms with Crippen molar-refractivity contribution in [3.8, 4) is 0 Å². The van der Waals surface area contributed by atoms with Crippen molar-refractivity contribution in [2.24, 2.45) is 0 Å². The minimum atomic E-state index is 0.505. The molecule has 120 valence electrons. The first kappa shape index (κ1) is 15.2. The summed E-state index contributed by atoms with van der Waals surface area (Å²) >= 11 is 0. The lowest BCUT2D eigenvalue weighted by Crippen LogP contribution is -2.51. The molecule has 1 saturated heterocycles. The van der Waals surface area contributed by atoms with Gasteiger partial charge in [0.25, 0.3) is 0 Å². The Balaban J connectivity index is 1.59. The number of piperazine rings is 1. The third-order valence-electron chi connectivity index (χ3n) is 4.55. The van der Waals surface area contributed by atoms with Gasteiger partial charge in [-0.05, 0) is 26.5 Å². The van der Waals surface area contributed by atoms with Gasteiger partial charge in [0.2, 0.25) is 0 Å². The van der Waals surface area contributed by atoms with Crippen molar-refractivity contribution in [3.05, 3.63) is 24.2 Å². The topological polar surface area (TPSA) is 48.7 Å². The summed E-state index contributed by atoms with van der Waals surface area (Å²) in [6, 6.07) is 2.57. The lowest BCUT2D eigenvalue weighted by atomic mass is 10.2. The third kappa shape index (κ3) is 3.23. The Hall–Kier alpha value is -1.66. The molecule has 1 aliphatic rings. The Morgan fingerprint density at radius 3 is 2.77 bits per heavy atom. The first-order valence-corrected chi connectivity index (χ1v) is 8.18. The van der Waals surface area contributed by atoms with Crippen LogP contribution in [0.15, 0.2) is 18.5 Å². The minimum Gasteiger partial charge on any atom is -0.367 e. The monoisotopic (exact) mass is 302 g/mol. The van der Waals surface area contributed by atoms with Crippen LogP contribution in [-0.2, 0) is 0 Å². The van der Waals surface area contributed by atoms with Crippen LogP contribution in [0.4, 0.5) is 5.82 Å². The van der Waals surface area contributed by atoms with Gasteiger partial charge < -0.3 is 10.2 Å². The number of nitrogens with zero attached hydrogens (tertiary/aromatic N) is 5. The number of nitrogens with one attached hydrogen (secondary N) is 1. The van der Waals surface area contributed by atoms with Crippen LogP contribution < -0.4 is 5.32 Å². The molecule has 6 heteroatoms. The molecule has 3 heterocycles. The van der Waals surface area contributed by atoms with E-state index in [1.165, 1.54) is 13.1 Å².